The monoisotopic (exact) mass is 493 g/mol. The summed E-state index contributed by atoms with van der Waals surface area (Å²) in [6.45, 7) is 0. The summed E-state index contributed by atoms with van der Waals surface area (Å²) in [6.07, 6.45) is 2.21. The van der Waals surface area contributed by atoms with E-state index in [2.05, 4.69) is 42.5 Å². The van der Waals surface area contributed by atoms with Crippen LogP contribution in [0.25, 0.3) is 11.6 Å². The standard InChI is InChI=1S/C15H11.C7H7.C6H5.2ClH.H2N.Ti/c1-2-6-12(7-3-1)15-10-13-8-4-5-9-14(13)11-15;1-7-5-3-2-4-6-7;1-2-4-6-5-3-1;;;;/h1-11H;2-6H,1H2;1-5H;2*1H;1H2;/q;;;;;-1;+3/p-2. The van der Waals surface area contributed by atoms with Crippen molar-refractivity contribution in [3.63, 3.8) is 0 Å². The SMILES string of the molecule is [NH2][Ti]([Cl])([Cl])([CH2]c1ccccc1)([c]1ccccc1)[CH]1C(c2ccccc2)=Cc2ccccc21. The quantitative estimate of drug-likeness (QED) is 0.292. The Bertz CT molecular complexity index is 1310. The number of allylic oxidation sites excluding steroid dienone is 1. The number of hydrogen-bond donors (Lipinski definition) is 1. The second-order valence-electron chi connectivity index (χ2n) is 9.06. The molecule has 1 nitrogen and oxygen atoms in total. The topological polar surface area (TPSA) is 26.0 Å². The van der Waals surface area contributed by atoms with Gasteiger partial charge in [-0.25, -0.2) is 0 Å². The fraction of sp³-hybridized carbons (Fsp3) is 0.0714. The van der Waals surface area contributed by atoms with Gasteiger partial charge in [-0.2, -0.15) is 0 Å². The molecule has 0 saturated carbocycles. The van der Waals surface area contributed by atoms with E-state index >= 15 is 0 Å². The van der Waals surface area contributed by atoms with Gasteiger partial charge < -0.3 is 0 Å². The van der Waals surface area contributed by atoms with Crippen molar-refractivity contribution in [2.45, 2.75) is 8.95 Å². The Hall–Kier alpha value is -2.13. The third-order valence-corrected chi connectivity index (χ3v) is 19.6. The average molecular weight is 494 g/mol. The van der Waals surface area contributed by atoms with E-state index in [1.165, 1.54) is 0 Å². The summed E-state index contributed by atoms with van der Waals surface area (Å²) in [5, 5.41) is 0. The summed E-state index contributed by atoms with van der Waals surface area (Å²) >= 11 is -5.64. The maximum atomic E-state index is 7.98. The van der Waals surface area contributed by atoms with Gasteiger partial charge in [-0.3, -0.25) is 0 Å². The Morgan fingerprint density at radius 3 is 1.84 bits per heavy atom. The average Bonchev–Trinajstić information content (AvgIpc) is 3.22. The molecule has 0 amide bonds. The van der Waals surface area contributed by atoms with Crippen LogP contribution in [0.4, 0.5) is 0 Å². The van der Waals surface area contributed by atoms with Crippen LogP contribution in [0.1, 0.15) is 26.5 Å². The van der Waals surface area contributed by atoms with Crippen LogP contribution in [0.5, 0.6) is 0 Å². The number of halogens is 2. The van der Waals surface area contributed by atoms with E-state index in [1.54, 1.807) is 0 Å². The van der Waals surface area contributed by atoms with Crippen molar-refractivity contribution in [3.05, 3.63) is 138 Å². The first-order valence-corrected chi connectivity index (χ1v) is 18.9. The minimum absolute atomic E-state index is 0.320. The molecule has 1 atom stereocenters. The van der Waals surface area contributed by atoms with E-state index in [9.17, 15) is 0 Å². The van der Waals surface area contributed by atoms with Gasteiger partial charge in [0.05, 0.1) is 0 Å². The van der Waals surface area contributed by atoms with E-state index < -0.39 is 12.2 Å². The molecule has 5 rings (SSSR count). The molecule has 160 valence electrons. The molecule has 0 bridgehead atoms. The van der Waals surface area contributed by atoms with Crippen molar-refractivity contribution in [3.8, 4) is 0 Å². The van der Waals surface area contributed by atoms with Crippen LogP contribution in [0.3, 0.4) is 0 Å². The second-order valence-corrected chi connectivity index (χ2v) is 27.4. The fourth-order valence-electron chi connectivity index (χ4n) is 5.33. The van der Waals surface area contributed by atoms with Crippen LogP contribution >= 0.6 is 18.6 Å². The van der Waals surface area contributed by atoms with Crippen LogP contribution in [0.2, 0.25) is 0 Å². The number of nitrogens with two attached hydrogens (primary N) is 1. The van der Waals surface area contributed by atoms with Gasteiger partial charge in [-0.05, 0) is 0 Å². The van der Waals surface area contributed by atoms with Crippen LogP contribution in [-0.2, 0) is 16.9 Å². The third kappa shape index (κ3) is 3.50. The molecule has 0 aliphatic heterocycles. The number of hydrogen-bond acceptors (Lipinski definition) is 1. The van der Waals surface area contributed by atoms with Gasteiger partial charge in [0.2, 0.25) is 0 Å². The molecule has 32 heavy (non-hydrogen) atoms. The summed E-state index contributed by atoms with van der Waals surface area (Å²) < 4.78 is 8.61. The maximum absolute atomic E-state index is 7.98. The molecular formula is C28H25Cl2NTi. The minimum atomic E-state index is -5.64. The predicted octanol–water partition coefficient (Wildman–Crippen LogP) is 7.21. The molecule has 1 aliphatic rings. The van der Waals surface area contributed by atoms with Crippen LogP contribution in [0.15, 0.2) is 115 Å². The van der Waals surface area contributed by atoms with Gasteiger partial charge in [0.25, 0.3) is 0 Å². The molecule has 0 fully saturated rings. The summed E-state index contributed by atoms with van der Waals surface area (Å²) in [4.78, 5) is 0. The molecule has 0 radical (unpaired) electrons. The van der Waals surface area contributed by atoms with Gasteiger partial charge in [0, 0.05) is 0 Å². The summed E-state index contributed by atoms with van der Waals surface area (Å²) in [7, 11) is 16.0. The Kier molecular flexibility index (Phi) is 5.05. The van der Waals surface area contributed by atoms with Crippen molar-refractivity contribution >= 4 is 34.1 Å². The Labute approximate surface area is 196 Å². The molecule has 0 aromatic heterocycles. The Balaban J connectivity index is 1.84. The molecule has 4 aromatic rings. The van der Waals surface area contributed by atoms with Gasteiger partial charge in [0.1, 0.15) is 0 Å². The van der Waals surface area contributed by atoms with Crippen molar-refractivity contribution in [2.75, 3.05) is 0 Å². The van der Waals surface area contributed by atoms with Gasteiger partial charge in [-0.1, -0.05) is 0 Å². The summed E-state index contributed by atoms with van der Waals surface area (Å²) in [6, 6.07) is 38.8. The summed E-state index contributed by atoms with van der Waals surface area (Å²) in [5.74, 6) is 0. The van der Waals surface area contributed by atoms with Crippen molar-refractivity contribution in [1.29, 1.82) is 0 Å². The first-order valence-electron chi connectivity index (χ1n) is 10.9. The fourth-order valence-corrected chi connectivity index (χ4v) is 17.6. The zero-order valence-corrected chi connectivity index (χ0v) is 20.7. The molecule has 4 heteroatoms. The molecule has 1 aliphatic carbocycles. The second kappa shape index (κ2) is 7.45. The van der Waals surface area contributed by atoms with E-state index in [-0.39, 0.29) is 4.22 Å². The normalized spacial score (nSPS) is 17.7. The van der Waals surface area contributed by atoms with Crippen molar-refractivity contribution < 1.29 is 12.2 Å². The van der Waals surface area contributed by atoms with Crippen LogP contribution in [-0.4, -0.2) is 0 Å². The molecule has 0 heterocycles. The summed E-state index contributed by atoms with van der Waals surface area (Å²) in [5.41, 5.74) is 5.46. The molecule has 0 spiro atoms. The van der Waals surface area contributed by atoms with Crippen molar-refractivity contribution in [2.24, 2.45) is 4.22 Å². The van der Waals surface area contributed by atoms with Crippen LogP contribution in [0, 0.1) is 0 Å². The van der Waals surface area contributed by atoms with E-state index in [1.807, 2.05) is 78.9 Å². The van der Waals surface area contributed by atoms with E-state index in [4.69, 9.17) is 22.8 Å². The third-order valence-electron chi connectivity index (χ3n) is 6.77. The van der Waals surface area contributed by atoms with E-state index in [0.717, 1.165) is 31.7 Å². The van der Waals surface area contributed by atoms with Crippen molar-refractivity contribution in [1.82, 2.24) is 0 Å². The molecule has 4 aromatic carbocycles. The van der Waals surface area contributed by atoms with Crippen LogP contribution < -0.4 is 8.08 Å². The Morgan fingerprint density at radius 2 is 1.19 bits per heavy atom. The first kappa shape index (κ1) is 21.7. The molecule has 0 saturated heterocycles. The Morgan fingerprint density at radius 1 is 0.656 bits per heavy atom. The molecular weight excluding hydrogens is 469 g/mol. The zero-order valence-electron chi connectivity index (χ0n) is 17.7. The van der Waals surface area contributed by atoms with Gasteiger partial charge in [0.15, 0.2) is 0 Å². The van der Waals surface area contributed by atoms with Gasteiger partial charge >= 0.3 is 197 Å². The number of rotatable bonds is 5. The predicted molar refractivity (Wildman–Crippen MR) is 136 cm³/mol. The first-order chi connectivity index (χ1) is 15.3. The molecule has 1 unspecified atom stereocenters. The zero-order chi connectivity index (χ0) is 22.3. The number of benzene rings is 4. The van der Waals surface area contributed by atoms with Gasteiger partial charge in [-0.15, -0.1) is 0 Å². The van der Waals surface area contributed by atoms with E-state index in [0.29, 0.717) is 4.73 Å². The molecule has 2 N–H and O–H groups in total. The number of fused-ring (bicyclic) bond motifs is 1.